The van der Waals surface area contributed by atoms with Crippen molar-refractivity contribution in [2.24, 2.45) is 4.99 Å². The van der Waals surface area contributed by atoms with E-state index >= 15 is 0 Å². The Morgan fingerprint density at radius 1 is 1.03 bits per heavy atom. The molecular weight excluding hydrogens is 452 g/mol. The molecule has 2 heterocycles. The molecule has 0 saturated heterocycles. The summed E-state index contributed by atoms with van der Waals surface area (Å²) in [5.41, 5.74) is 1.72. The van der Waals surface area contributed by atoms with Crippen molar-refractivity contribution in [2.45, 2.75) is 38.1 Å². The number of hydrogen-bond acceptors (Lipinski definition) is 7. The highest BCUT2D eigenvalue weighted by Gasteiger charge is 2.22. The molecule has 0 spiro atoms. The first-order valence-electron chi connectivity index (χ1n) is 11.6. The summed E-state index contributed by atoms with van der Waals surface area (Å²) < 4.78 is 10.6. The van der Waals surface area contributed by atoms with E-state index in [4.69, 9.17) is 9.47 Å². The Bertz CT molecular complexity index is 1130. The molecule has 2 aromatic carbocycles. The van der Waals surface area contributed by atoms with Gasteiger partial charge < -0.3 is 30.5 Å². The number of aliphatic imine (C=N–C) groups is 1. The third-order valence-electron chi connectivity index (χ3n) is 5.71. The zero-order valence-corrected chi connectivity index (χ0v) is 19.2. The lowest BCUT2D eigenvalue weighted by atomic mass is 10.0. The number of carbonyl (C=O) groups excluding carboxylic acids is 2. The van der Waals surface area contributed by atoms with Crippen LogP contribution in [0, 0.1) is 0 Å². The molecule has 35 heavy (non-hydrogen) atoms. The molecule has 0 aliphatic carbocycles. The van der Waals surface area contributed by atoms with Crippen molar-refractivity contribution >= 4 is 29.3 Å². The van der Waals surface area contributed by atoms with Gasteiger partial charge in [0.2, 0.25) is 12.7 Å². The van der Waals surface area contributed by atoms with Gasteiger partial charge in [-0.05, 0) is 48.7 Å². The fraction of sp³-hybridized carbons (Fsp3) is 0.360. The van der Waals surface area contributed by atoms with Crippen molar-refractivity contribution in [3.05, 3.63) is 53.6 Å². The van der Waals surface area contributed by atoms with Crippen molar-refractivity contribution in [1.29, 1.82) is 0 Å². The molecule has 0 bridgehead atoms. The number of rotatable bonds is 8. The first-order valence-corrected chi connectivity index (χ1v) is 11.6. The number of carbonyl (C=O) groups is 3. The van der Waals surface area contributed by atoms with Gasteiger partial charge in [-0.1, -0.05) is 18.6 Å². The average molecular weight is 481 g/mol. The van der Waals surface area contributed by atoms with Gasteiger partial charge in [-0.3, -0.25) is 19.4 Å². The van der Waals surface area contributed by atoms with Gasteiger partial charge in [-0.25, -0.2) is 0 Å². The number of amides is 2. The molecule has 10 heteroatoms. The Kier molecular flexibility index (Phi) is 7.81. The highest BCUT2D eigenvalue weighted by molar-refractivity contribution is 6.00. The minimum Gasteiger partial charge on any atom is -0.481 e. The predicted molar refractivity (Wildman–Crippen MR) is 129 cm³/mol. The van der Waals surface area contributed by atoms with Crippen LogP contribution in [0.4, 0.5) is 5.69 Å². The first-order chi connectivity index (χ1) is 17.0. The maximum Gasteiger partial charge on any atom is 0.305 e. The zero-order chi connectivity index (χ0) is 24.6. The summed E-state index contributed by atoms with van der Waals surface area (Å²) in [6, 6.07) is 11.2. The van der Waals surface area contributed by atoms with Crippen LogP contribution in [0.3, 0.4) is 0 Å². The van der Waals surface area contributed by atoms with Crippen LogP contribution >= 0.6 is 0 Å². The minimum atomic E-state index is -1.07. The molecule has 1 atom stereocenters. The molecule has 4 N–H and O–H groups in total. The fourth-order valence-electron chi connectivity index (χ4n) is 3.95. The van der Waals surface area contributed by atoms with Crippen LogP contribution in [-0.4, -0.2) is 48.6 Å². The van der Waals surface area contributed by atoms with Gasteiger partial charge in [0.1, 0.15) is 5.84 Å². The number of amidine groups is 1. The summed E-state index contributed by atoms with van der Waals surface area (Å²) in [7, 11) is 0. The molecule has 2 aliphatic heterocycles. The quantitative estimate of drug-likeness (QED) is 0.456. The van der Waals surface area contributed by atoms with Gasteiger partial charge in [0.05, 0.1) is 19.0 Å². The smallest absolute Gasteiger partial charge is 0.305 e. The topological polar surface area (TPSA) is 138 Å². The summed E-state index contributed by atoms with van der Waals surface area (Å²) >= 11 is 0. The van der Waals surface area contributed by atoms with Crippen LogP contribution in [0.15, 0.2) is 47.5 Å². The molecule has 0 radical (unpaired) electrons. The van der Waals surface area contributed by atoms with Crippen molar-refractivity contribution in [3.63, 3.8) is 0 Å². The number of nitrogens with one attached hydrogen (secondary N) is 3. The second-order valence-corrected chi connectivity index (χ2v) is 8.36. The van der Waals surface area contributed by atoms with E-state index < -0.39 is 23.8 Å². The van der Waals surface area contributed by atoms with Crippen LogP contribution < -0.4 is 25.4 Å². The summed E-state index contributed by atoms with van der Waals surface area (Å²) in [4.78, 5) is 41.1. The zero-order valence-electron chi connectivity index (χ0n) is 19.2. The van der Waals surface area contributed by atoms with Crippen LogP contribution in [0.1, 0.15) is 54.1 Å². The van der Waals surface area contributed by atoms with Crippen LogP contribution in [0.25, 0.3) is 0 Å². The first kappa shape index (κ1) is 24.1. The number of anilines is 1. The normalized spacial score (nSPS) is 15.4. The van der Waals surface area contributed by atoms with Gasteiger partial charge in [0.15, 0.2) is 11.5 Å². The second kappa shape index (κ2) is 11.4. The van der Waals surface area contributed by atoms with E-state index in [1.807, 2.05) is 6.07 Å². The fourth-order valence-corrected chi connectivity index (χ4v) is 3.95. The van der Waals surface area contributed by atoms with Gasteiger partial charge in [0, 0.05) is 24.2 Å². The Labute approximate surface area is 202 Å². The van der Waals surface area contributed by atoms with Crippen LogP contribution in [0.2, 0.25) is 0 Å². The van der Waals surface area contributed by atoms with Crippen LogP contribution in [0.5, 0.6) is 11.5 Å². The Hall–Kier alpha value is -4.08. The summed E-state index contributed by atoms with van der Waals surface area (Å²) in [6.07, 6.45) is 3.86. The molecule has 4 rings (SSSR count). The van der Waals surface area contributed by atoms with E-state index in [0.717, 1.165) is 43.8 Å². The van der Waals surface area contributed by atoms with E-state index in [-0.39, 0.29) is 19.8 Å². The largest absolute Gasteiger partial charge is 0.481 e. The summed E-state index contributed by atoms with van der Waals surface area (Å²) in [6.45, 7) is 0.586. The summed E-state index contributed by atoms with van der Waals surface area (Å²) in [5, 5.41) is 17.8. The van der Waals surface area contributed by atoms with E-state index in [1.54, 1.807) is 36.4 Å². The number of benzene rings is 2. The van der Waals surface area contributed by atoms with Crippen LogP contribution in [-0.2, 0) is 9.59 Å². The monoisotopic (exact) mass is 480 g/mol. The maximum absolute atomic E-state index is 12.6. The molecular formula is C25H28N4O6. The van der Waals surface area contributed by atoms with Gasteiger partial charge in [-0.15, -0.1) is 0 Å². The Morgan fingerprint density at radius 3 is 2.74 bits per heavy atom. The second-order valence-electron chi connectivity index (χ2n) is 8.36. The van der Waals surface area contributed by atoms with E-state index in [0.29, 0.717) is 22.6 Å². The number of nitrogens with zero attached hydrogens (tertiary/aromatic N) is 1. The number of fused-ring (bicyclic) bond motifs is 1. The van der Waals surface area contributed by atoms with Crippen molar-refractivity contribution in [1.82, 2.24) is 10.6 Å². The van der Waals surface area contributed by atoms with Gasteiger partial charge in [-0.2, -0.15) is 0 Å². The minimum absolute atomic E-state index is 0.0889. The number of hydrogen-bond donors (Lipinski definition) is 4. The van der Waals surface area contributed by atoms with Crippen molar-refractivity contribution < 1.29 is 29.0 Å². The van der Waals surface area contributed by atoms with E-state index in [1.165, 1.54) is 0 Å². The molecule has 2 aromatic rings. The van der Waals surface area contributed by atoms with E-state index in [2.05, 4.69) is 20.9 Å². The molecule has 2 amide bonds. The third kappa shape index (κ3) is 6.72. The van der Waals surface area contributed by atoms with Crippen molar-refractivity contribution in [3.8, 4) is 11.5 Å². The molecule has 0 aromatic heterocycles. The number of ether oxygens (including phenoxy) is 2. The number of aliphatic carboxylic acids is 1. The summed E-state index contributed by atoms with van der Waals surface area (Å²) in [5.74, 6) is -0.0335. The molecule has 0 saturated carbocycles. The molecule has 184 valence electrons. The van der Waals surface area contributed by atoms with E-state index in [9.17, 15) is 19.5 Å². The lowest BCUT2D eigenvalue weighted by Crippen LogP contribution is -2.39. The number of carboxylic acid groups (broad SMARTS) is 1. The Morgan fingerprint density at radius 2 is 1.89 bits per heavy atom. The molecule has 1 unspecified atom stereocenters. The SMILES string of the molecule is O=C(O)CC(NC(=O)CNC(=O)c1cccc(NC2=NCCCCC2)c1)c1ccc2c(c1)OCO2. The standard InChI is InChI=1S/C25H28N4O6/c30-23(29-19(13-24(31)32)16-8-9-20-21(12-16)35-15-34-20)14-27-25(33)17-5-4-6-18(11-17)28-22-7-2-1-3-10-26-22/h4-6,8-9,11-12,19H,1-3,7,10,13-15H2,(H,26,28)(H,27,33)(H,29,30)(H,31,32). The lowest BCUT2D eigenvalue weighted by Gasteiger charge is -2.18. The van der Waals surface area contributed by atoms with Gasteiger partial charge in [0.25, 0.3) is 5.91 Å². The number of carboxylic acids is 1. The highest BCUT2D eigenvalue weighted by atomic mass is 16.7. The molecule has 0 fully saturated rings. The highest BCUT2D eigenvalue weighted by Crippen LogP contribution is 2.34. The van der Waals surface area contributed by atoms with Gasteiger partial charge >= 0.3 is 5.97 Å². The average Bonchev–Trinajstić information content (AvgIpc) is 3.17. The lowest BCUT2D eigenvalue weighted by molar-refractivity contribution is -0.137. The molecule has 2 aliphatic rings. The maximum atomic E-state index is 12.6. The third-order valence-corrected chi connectivity index (χ3v) is 5.71. The predicted octanol–water partition coefficient (Wildman–Crippen LogP) is 2.86. The van der Waals surface area contributed by atoms with Crippen molar-refractivity contribution in [2.75, 3.05) is 25.2 Å². The molecule has 10 nitrogen and oxygen atoms in total. The Balaban J connectivity index is 1.34.